The van der Waals surface area contributed by atoms with Gasteiger partial charge in [-0.05, 0) is 31.2 Å². The maximum atomic E-state index is 13.5. The van der Waals surface area contributed by atoms with E-state index in [1.807, 2.05) is 0 Å². The second-order valence-corrected chi connectivity index (χ2v) is 3.75. The van der Waals surface area contributed by atoms with Gasteiger partial charge in [0.1, 0.15) is 5.84 Å². The second kappa shape index (κ2) is 4.83. The SMILES string of the molecule is Cc1ccc(C(=N)N)c(Oc2ccccc2F)n1. The van der Waals surface area contributed by atoms with E-state index >= 15 is 0 Å². The summed E-state index contributed by atoms with van der Waals surface area (Å²) in [5.41, 5.74) is 6.46. The van der Waals surface area contributed by atoms with Crippen LogP contribution in [0.25, 0.3) is 0 Å². The lowest BCUT2D eigenvalue weighted by Gasteiger charge is -2.10. The number of ether oxygens (including phenoxy) is 1. The van der Waals surface area contributed by atoms with E-state index in [0.717, 1.165) is 0 Å². The Hall–Kier alpha value is -2.43. The van der Waals surface area contributed by atoms with Gasteiger partial charge in [0.2, 0.25) is 5.88 Å². The number of benzene rings is 1. The molecule has 0 bridgehead atoms. The second-order valence-electron chi connectivity index (χ2n) is 3.75. The molecule has 0 unspecified atom stereocenters. The van der Waals surface area contributed by atoms with Crippen LogP contribution in [0.15, 0.2) is 36.4 Å². The topological polar surface area (TPSA) is 72.0 Å². The molecule has 0 saturated heterocycles. The highest BCUT2D eigenvalue weighted by Gasteiger charge is 2.11. The first kappa shape index (κ1) is 12.0. The molecule has 0 fully saturated rings. The lowest BCUT2D eigenvalue weighted by Crippen LogP contribution is -2.13. The van der Waals surface area contributed by atoms with Crippen LogP contribution in [0, 0.1) is 18.2 Å². The number of amidine groups is 1. The average molecular weight is 245 g/mol. The molecule has 0 radical (unpaired) electrons. The molecule has 1 aromatic carbocycles. The first-order valence-electron chi connectivity index (χ1n) is 5.32. The van der Waals surface area contributed by atoms with E-state index in [1.165, 1.54) is 12.1 Å². The van der Waals surface area contributed by atoms with E-state index in [-0.39, 0.29) is 17.5 Å². The summed E-state index contributed by atoms with van der Waals surface area (Å²) in [6, 6.07) is 9.34. The Bertz CT molecular complexity index is 599. The molecule has 0 aliphatic carbocycles. The maximum Gasteiger partial charge on any atom is 0.230 e. The van der Waals surface area contributed by atoms with Crippen molar-refractivity contribution < 1.29 is 9.13 Å². The highest BCUT2D eigenvalue weighted by Crippen LogP contribution is 2.25. The molecule has 3 N–H and O–H groups in total. The fraction of sp³-hybridized carbons (Fsp3) is 0.0769. The molecule has 0 saturated carbocycles. The fourth-order valence-electron chi connectivity index (χ4n) is 1.45. The third kappa shape index (κ3) is 2.45. The summed E-state index contributed by atoms with van der Waals surface area (Å²) >= 11 is 0. The molecule has 0 aliphatic rings. The minimum Gasteiger partial charge on any atom is -0.435 e. The highest BCUT2D eigenvalue weighted by atomic mass is 19.1. The van der Waals surface area contributed by atoms with E-state index in [2.05, 4.69) is 4.98 Å². The van der Waals surface area contributed by atoms with Crippen LogP contribution >= 0.6 is 0 Å². The lowest BCUT2D eigenvalue weighted by atomic mass is 10.2. The van der Waals surface area contributed by atoms with E-state index in [9.17, 15) is 4.39 Å². The molecule has 0 atom stereocenters. The minimum absolute atomic E-state index is 0.0538. The van der Waals surface area contributed by atoms with Crippen LogP contribution < -0.4 is 10.5 Å². The number of pyridine rings is 1. The summed E-state index contributed by atoms with van der Waals surface area (Å²) in [6.45, 7) is 1.78. The molecule has 4 nitrogen and oxygen atoms in total. The van der Waals surface area contributed by atoms with Crippen LogP contribution in [0.5, 0.6) is 11.6 Å². The van der Waals surface area contributed by atoms with Crippen LogP contribution in [-0.2, 0) is 0 Å². The Morgan fingerprint density at radius 2 is 2.00 bits per heavy atom. The lowest BCUT2D eigenvalue weighted by molar-refractivity contribution is 0.425. The van der Waals surface area contributed by atoms with Crippen molar-refractivity contribution >= 4 is 5.84 Å². The van der Waals surface area contributed by atoms with Gasteiger partial charge in [-0.3, -0.25) is 5.41 Å². The van der Waals surface area contributed by atoms with E-state index in [1.54, 1.807) is 31.2 Å². The van der Waals surface area contributed by atoms with Crippen LogP contribution in [-0.4, -0.2) is 10.8 Å². The predicted molar refractivity (Wildman–Crippen MR) is 66.5 cm³/mol. The van der Waals surface area contributed by atoms with Crippen LogP contribution in [0.2, 0.25) is 0 Å². The number of nitrogens with two attached hydrogens (primary N) is 1. The number of rotatable bonds is 3. The van der Waals surface area contributed by atoms with Crippen LogP contribution in [0.4, 0.5) is 4.39 Å². The largest absolute Gasteiger partial charge is 0.435 e. The number of aryl methyl sites for hydroxylation is 1. The fourth-order valence-corrected chi connectivity index (χ4v) is 1.45. The molecule has 1 heterocycles. The molecule has 0 amide bonds. The van der Waals surface area contributed by atoms with E-state index in [0.29, 0.717) is 11.3 Å². The van der Waals surface area contributed by atoms with Gasteiger partial charge in [-0.2, -0.15) is 0 Å². The molecule has 2 rings (SSSR count). The van der Waals surface area contributed by atoms with Gasteiger partial charge in [-0.15, -0.1) is 0 Å². The van der Waals surface area contributed by atoms with Crippen molar-refractivity contribution in [1.82, 2.24) is 4.98 Å². The van der Waals surface area contributed by atoms with Crippen LogP contribution in [0.1, 0.15) is 11.3 Å². The Balaban J connectivity index is 2.42. The number of halogens is 1. The summed E-state index contributed by atoms with van der Waals surface area (Å²) in [5.74, 6) is -0.477. The molecule has 18 heavy (non-hydrogen) atoms. The van der Waals surface area contributed by atoms with Crippen LogP contribution in [0.3, 0.4) is 0 Å². The zero-order valence-corrected chi connectivity index (χ0v) is 9.77. The standard InChI is InChI=1S/C13H12FN3O/c1-8-6-7-9(12(15)16)13(17-8)18-11-5-3-2-4-10(11)14/h2-7H,1H3,(H3,15,16). The number of nitrogens with zero attached hydrogens (tertiary/aromatic N) is 1. The Morgan fingerprint density at radius 3 is 2.67 bits per heavy atom. The smallest absolute Gasteiger partial charge is 0.230 e. The van der Waals surface area contributed by atoms with Gasteiger partial charge in [-0.25, -0.2) is 9.37 Å². The molecule has 92 valence electrons. The Kier molecular flexibility index (Phi) is 3.23. The van der Waals surface area contributed by atoms with Gasteiger partial charge < -0.3 is 10.5 Å². The first-order valence-corrected chi connectivity index (χ1v) is 5.32. The van der Waals surface area contributed by atoms with Crippen molar-refractivity contribution in [2.75, 3.05) is 0 Å². The van der Waals surface area contributed by atoms with Gasteiger partial charge >= 0.3 is 0 Å². The van der Waals surface area contributed by atoms with Crippen molar-refractivity contribution in [3.63, 3.8) is 0 Å². The van der Waals surface area contributed by atoms with Crippen molar-refractivity contribution in [2.45, 2.75) is 6.92 Å². The summed E-state index contributed by atoms with van der Waals surface area (Å²) < 4.78 is 18.8. The highest BCUT2D eigenvalue weighted by molar-refractivity contribution is 5.97. The Morgan fingerprint density at radius 1 is 1.28 bits per heavy atom. The summed E-state index contributed by atoms with van der Waals surface area (Å²) in [5, 5.41) is 7.43. The molecule has 5 heteroatoms. The van der Waals surface area contributed by atoms with Gasteiger partial charge in [0.15, 0.2) is 11.6 Å². The van der Waals surface area contributed by atoms with Gasteiger partial charge in [-0.1, -0.05) is 12.1 Å². The number of hydrogen-bond acceptors (Lipinski definition) is 3. The molecule has 1 aromatic heterocycles. The molecule has 2 aromatic rings. The third-order valence-electron chi connectivity index (χ3n) is 2.33. The number of aromatic nitrogens is 1. The monoisotopic (exact) mass is 245 g/mol. The minimum atomic E-state index is -0.490. The number of nitrogens with one attached hydrogen (secondary N) is 1. The summed E-state index contributed by atoms with van der Waals surface area (Å²) in [7, 11) is 0. The van der Waals surface area contributed by atoms with Gasteiger partial charge in [0.05, 0.1) is 5.56 Å². The van der Waals surface area contributed by atoms with Crippen molar-refractivity contribution in [2.24, 2.45) is 5.73 Å². The maximum absolute atomic E-state index is 13.5. The predicted octanol–water partition coefficient (Wildman–Crippen LogP) is 2.61. The van der Waals surface area contributed by atoms with Gasteiger partial charge in [0.25, 0.3) is 0 Å². The zero-order chi connectivity index (χ0) is 13.1. The summed E-state index contributed by atoms with van der Waals surface area (Å²) in [6.07, 6.45) is 0. The number of para-hydroxylation sites is 1. The number of nitrogen functional groups attached to an aromatic ring is 1. The van der Waals surface area contributed by atoms with Crippen molar-refractivity contribution in [3.05, 3.63) is 53.5 Å². The van der Waals surface area contributed by atoms with E-state index in [4.69, 9.17) is 15.9 Å². The van der Waals surface area contributed by atoms with Crippen molar-refractivity contribution in [3.8, 4) is 11.6 Å². The number of hydrogen-bond donors (Lipinski definition) is 2. The molecular weight excluding hydrogens is 233 g/mol. The quantitative estimate of drug-likeness (QED) is 0.645. The third-order valence-corrected chi connectivity index (χ3v) is 2.33. The zero-order valence-electron chi connectivity index (χ0n) is 9.77. The summed E-state index contributed by atoms with van der Waals surface area (Å²) in [4.78, 5) is 4.12. The molecule has 0 spiro atoms. The Labute approximate surface area is 104 Å². The van der Waals surface area contributed by atoms with Crippen molar-refractivity contribution in [1.29, 1.82) is 5.41 Å². The van der Waals surface area contributed by atoms with Gasteiger partial charge in [0, 0.05) is 5.69 Å². The molecule has 0 aliphatic heterocycles. The average Bonchev–Trinajstić information content (AvgIpc) is 2.32. The first-order chi connectivity index (χ1) is 8.58. The van der Waals surface area contributed by atoms with E-state index < -0.39 is 5.82 Å². The molecular formula is C13H12FN3O. The normalized spacial score (nSPS) is 10.1.